The highest BCUT2D eigenvalue weighted by Gasteiger charge is 2.27. The second-order valence-corrected chi connectivity index (χ2v) is 6.38. The summed E-state index contributed by atoms with van der Waals surface area (Å²) < 4.78 is 16.3. The predicted octanol–water partition coefficient (Wildman–Crippen LogP) is 2.49. The molecule has 2 heterocycles. The smallest absolute Gasteiger partial charge is 0.340 e. The number of carbonyl (C=O) groups excluding carboxylic acids is 2. The monoisotopic (exact) mass is 385 g/mol. The molecule has 28 heavy (non-hydrogen) atoms. The number of para-hydroxylation sites is 2. The summed E-state index contributed by atoms with van der Waals surface area (Å²) in [6.07, 6.45) is -0.798. The van der Waals surface area contributed by atoms with Gasteiger partial charge in [-0.05, 0) is 45.4 Å². The van der Waals surface area contributed by atoms with Crippen LogP contribution in [0.5, 0.6) is 11.5 Å². The number of hydrogen-bond donors (Lipinski definition) is 2. The Morgan fingerprint density at radius 2 is 2.00 bits per heavy atom. The van der Waals surface area contributed by atoms with E-state index < -0.39 is 12.0 Å². The molecule has 2 N–H and O–H groups in total. The lowest BCUT2D eigenvalue weighted by atomic mass is 10.1. The number of aryl methyl sites for hydroxylation is 1. The summed E-state index contributed by atoms with van der Waals surface area (Å²) in [6, 6.07) is 7.16. The van der Waals surface area contributed by atoms with Gasteiger partial charge < -0.3 is 19.2 Å². The van der Waals surface area contributed by atoms with Crippen molar-refractivity contribution >= 4 is 17.6 Å². The fraction of sp³-hybridized carbons (Fsp3) is 0.350. The van der Waals surface area contributed by atoms with Gasteiger partial charge in [-0.2, -0.15) is 5.10 Å². The first-order valence-electron chi connectivity index (χ1n) is 9.01. The van der Waals surface area contributed by atoms with Crippen LogP contribution in [0.3, 0.4) is 0 Å². The van der Waals surface area contributed by atoms with Crippen LogP contribution in [0.15, 0.2) is 29.4 Å². The molecule has 0 fully saturated rings. The van der Waals surface area contributed by atoms with Gasteiger partial charge in [0.15, 0.2) is 11.5 Å². The molecular formula is C20H23N3O5. The summed E-state index contributed by atoms with van der Waals surface area (Å²) >= 11 is 0. The summed E-state index contributed by atoms with van der Waals surface area (Å²) in [5.74, 6) is 0.323. The Balaban J connectivity index is 1.70. The number of hydrazone groups is 1. The molecule has 1 atom stereocenters. The van der Waals surface area contributed by atoms with Gasteiger partial charge in [-0.25, -0.2) is 10.2 Å². The number of esters is 1. The number of hydrogen-bond acceptors (Lipinski definition) is 6. The van der Waals surface area contributed by atoms with Crippen LogP contribution in [0.4, 0.5) is 0 Å². The summed E-state index contributed by atoms with van der Waals surface area (Å²) in [7, 11) is 0. The average molecular weight is 385 g/mol. The SMILES string of the molecule is CCOC(=O)c1c(C)[nH]c(/C(C)=N/NC(=O)C2COc3ccccc3O2)c1C. The Hall–Kier alpha value is -3.29. The maximum Gasteiger partial charge on any atom is 0.340 e. The lowest BCUT2D eigenvalue weighted by Crippen LogP contribution is -2.42. The number of fused-ring (bicyclic) bond motifs is 1. The lowest BCUT2D eigenvalue weighted by molar-refractivity contribution is -0.130. The minimum Gasteiger partial charge on any atom is -0.485 e. The van der Waals surface area contributed by atoms with Crippen LogP contribution in [-0.2, 0) is 9.53 Å². The molecule has 0 radical (unpaired) electrons. The number of benzene rings is 1. The van der Waals surface area contributed by atoms with E-state index in [-0.39, 0.29) is 12.6 Å². The predicted molar refractivity (Wildman–Crippen MR) is 103 cm³/mol. The van der Waals surface area contributed by atoms with E-state index in [1.807, 2.05) is 12.1 Å². The highest BCUT2D eigenvalue weighted by molar-refractivity contribution is 6.03. The Labute approximate surface area is 162 Å². The van der Waals surface area contributed by atoms with Crippen LogP contribution >= 0.6 is 0 Å². The number of aromatic amines is 1. The van der Waals surface area contributed by atoms with E-state index in [9.17, 15) is 9.59 Å². The molecule has 1 unspecified atom stereocenters. The zero-order chi connectivity index (χ0) is 20.3. The van der Waals surface area contributed by atoms with Crippen molar-refractivity contribution in [2.75, 3.05) is 13.2 Å². The van der Waals surface area contributed by atoms with Gasteiger partial charge in [-0.15, -0.1) is 0 Å². The summed E-state index contributed by atoms with van der Waals surface area (Å²) in [5.41, 5.74) is 5.58. The molecule has 0 saturated carbocycles. The number of H-pyrrole nitrogens is 1. The van der Waals surface area contributed by atoms with E-state index in [2.05, 4.69) is 15.5 Å². The van der Waals surface area contributed by atoms with Crippen molar-refractivity contribution < 1.29 is 23.8 Å². The van der Waals surface area contributed by atoms with Crippen molar-refractivity contribution in [1.82, 2.24) is 10.4 Å². The van der Waals surface area contributed by atoms with Crippen LogP contribution in [0.2, 0.25) is 0 Å². The number of rotatable bonds is 5. The fourth-order valence-corrected chi connectivity index (χ4v) is 3.04. The Morgan fingerprint density at radius 1 is 1.29 bits per heavy atom. The molecular weight excluding hydrogens is 362 g/mol. The molecule has 0 saturated heterocycles. The third-order valence-electron chi connectivity index (χ3n) is 4.41. The van der Waals surface area contributed by atoms with Gasteiger partial charge in [0, 0.05) is 5.69 Å². The Morgan fingerprint density at radius 3 is 2.71 bits per heavy atom. The van der Waals surface area contributed by atoms with Gasteiger partial charge in [0.25, 0.3) is 5.91 Å². The van der Waals surface area contributed by atoms with Gasteiger partial charge in [0.2, 0.25) is 6.10 Å². The number of nitrogens with zero attached hydrogens (tertiary/aromatic N) is 1. The topological polar surface area (TPSA) is 102 Å². The standard InChI is InChI=1S/C20H23N3O5/c1-5-26-20(25)17-11(2)18(21-12(17)3)13(4)22-23-19(24)16-10-27-14-8-6-7-9-15(14)28-16/h6-9,16,21H,5,10H2,1-4H3,(H,23,24)/b22-13+. The van der Waals surface area contributed by atoms with E-state index in [1.54, 1.807) is 39.8 Å². The molecule has 3 rings (SSSR count). The highest BCUT2D eigenvalue weighted by atomic mass is 16.6. The first-order chi connectivity index (χ1) is 13.4. The number of carbonyl (C=O) groups is 2. The summed E-state index contributed by atoms with van der Waals surface area (Å²) in [6.45, 7) is 7.49. The lowest BCUT2D eigenvalue weighted by Gasteiger charge is -2.24. The molecule has 1 aliphatic heterocycles. The van der Waals surface area contributed by atoms with Gasteiger partial charge in [0.1, 0.15) is 6.61 Å². The number of aromatic nitrogens is 1. The van der Waals surface area contributed by atoms with E-state index >= 15 is 0 Å². The summed E-state index contributed by atoms with van der Waals surface area (Å²) in [4.78, 5) is 27.6. The van der Waals surface area contributed by atoms with Gasteiger partial charge in [-0.1, -0.05) is 12.1 Å². The van der Waals surface area contributed by atoms with Crippen LogP contribution in [0.1, 0.15) is 41.2 Å². The molecule has 0 aliphatic carbocycles. The number of nitrogens with one attached hydrogen (secondary N) is 2. The van der Waals surface area contributed by atoms with Crippen LogP contribution in [0.25, 0.3) is 0 Å². The molecule has 1 aliphatic rings. The molecule has 1 amide bonds. The molecule has 148 valence electrons. The largest absolute Gasteiger partial charge is 0.485 e. The average Bonchev–Trinajstić information content (AvgIpc) is 2.99. The molecule has 8 heteroatoms. The third kappa shape index (κ3) is 3.85. The van der Waals surface area contributed by atoms with Crippen LogP contribution in [0, 0.1) is 13.8 Å². The molecule has 0 bridgehead atoms. The van der Waals surface area contributed by atoms with Crippen LogP contribution in [-0.4, -0.2) is 41.9 Å². The number of ether oxygens (including phenoxy) is 3. The highest BCUT2D eigenvalue weighted by Crippen LogP contribution is 2.30. The van der Waals surface area contributed by atoms with E-state index in [4.69, 9.17) is 14.2 Å². The second-order valence-electron chi connectivity index (χ2n) is 6.38. The zero-order valence-corrected chi connectivity index (χ0v) is 16.3. The zero-order valence-electron chi connectivity index (χ0n) is 16.3. The maximum atomic E-state index is 12.4. The molecule has 8 nitrogen and oxygen atoms in total. The minimum atomic E-state index is -0.798. The van der Waals surface area contributed by atoms with E-state index in [1.165, 1.54) is 0 Å². The first-order valence-corrected chi connectivity index (χ1v) is 9.01. The van der Waals surface area contributed by atoms with Gasteiger partial charge >= 0.3 is 5.97 Å². The molecule has 1 aromatic carbocycles. The second kappa shape index (κ2) is 8.16. The normalized spacial score (nSPS) is 15.9. The first kappa shape index (κ1) is 19.5. The quantitative estimate of drug-likeness (QED) is 0.468. The molecule has 0 spiro atoms. The third-order valence-corrected chi connectivity index (χ3v) is 4.41. The minimum absolute atomic E-state index is 0.102. The van der Waals surface area contributed by atoms with Crippen molar-refractivity contribution in [3.8, 4) is 11.5 Å². The van der Waals surface area contributed by atoms with Crippen molar-refractivity contribution in [2.45, 2.75) is 33.8 Å². The molecule has 1 aromatic heterocycles. The van der Waals surface area contributed by atoms with E-state index in [0.29, 0.717) is 40.8 Å². The molecule has 2 aromatic rings. The van der Waals surface area contributed by atoms with Gasteiger partial charge in [-0.3, -0.25) is 4.79 Å². The van der Waals surface area contributed by atoms with Crippen molar-refractivity contribution in [1.29, 1.82) is 0 Å². The Bertz CT molecular complexity index is 932. The van der Waals surface area contributed by atoms with Crippen LogP contribution < -0.4 is 14.9 Å². The van der Waals surface area contributed by atoms with Crippen molar-refractivity contribution in [3.05, 3.63) is 46.8 Å². The maximum absolute atomic E-state index is 12.4. The van der Waals surface area contributed by atoms with Gasteiger partial charge in [0.05, 0.1) is 23.6 Å². The van der Waals surface area contributed by atoms with Crippen molar-refractivity contribution in [3.63, 3.8) is 0 Å². The van der Waals surface area contributed by atoms with E-state index in [0.717, 1.165) is 5.56 Å². The number of amides is 1. The fourth-order valence-electron chi connectivity index (χ4n) is 3.04. The van der Waals surface area contributed by atoms with Crippen molar-refractivity contribution in [2.24, 2.45) is 5.10 Å². The summed E-state index contributed by atoms with van der Waals surface area (Å²) in [5, 5.41) is 4.14. The Kier molecular flexibility index (Phi) is 5.67.